The van der Waals surface area contributed by atoms with E-state index in [9.17, 15) is 4.79 Å². The van der Waals surface area contributed by atoms with Gasteiger partial charge in [0.1, 0.15) is 5.75 Å². The van der Waals surface area contributed by atoms with Gasteiger partial charge in [0.2, 0.25) is 0 Å². The maximum absolute atomic E-state index is 12.3. The summed E-state index contributed by atoms with van der Waals surface area (Å²) >= 11 is 10.1. The fourth-order valence-electron chi connectivity index (χ4n) is 4.22. The number of allylic oxidation sites excluding steroid dienone is 2. The van der Waals surface area contributed by atoms with E-state index >= 15 is 0 Å². The average Bonchev–Trinajstić information content (AvgIpc) is 3.17. The molecule has 140 valence electrons. The third-order valence-corrected chi connectivity index (χ3v) is 6.21. The fraction of sp³-hybridized carbons (Fsp3) is 0.286. The second-order valence-corrected chi connectivity index (χ2v) is 8.06. The van der Waals surface area contributed by atoms with E-state index in [4.69, 9.17) is 21.1 Å². The van der Waals surface area contributed by atoms with Crippen molar-refractivity contribution in [2.24, 2.45) is 5.92 Å². The van der Waals surface area contributed by atoms with E-state index in [1.807, 2.05) is 12.1 Å². The molecule has 0 radical (unpaired) electrons. The number of halogens is 2. The number of fused-ring (bicyclic) bond motifs is 3. The number of hydrogen-bond donors (Lipinski definition) is 1. The highest BCUT2D eigenvalue weighted by Crippen LogP contribution is 2.54. The number of hydrogen-bond acceptors (Lipinski definition) is 4. The molecule has 1 heterocycles. The lowest BCUT2D eigenvalue weighted by molar-refractivity contribution is 0.0598. The first kappa shape index (κ1) is 18.4. The number of methoxy groups -OCH3 is 2. The summed E-state index contributed by atoms with van der Waals surface area (Å²) in [4.78, 5) is 12.3. The van der Waals surface area contributed by atoms with Crippen molar-refractivity contribution >= 4 is 39.2 Å². The molecule has 0 saturated carbocycles. The van der Waals surface area contributed by atoms with Gasteiger partial charge in [-0.15, -0.1) is 0 Å². The molecule has 0 amide bonds. The van der Waals surface area contributed by atoms with E-state index in [-0.39, 0.29) is 23.8 Å². The van der Waals surface area contributed by atoms with Crippen LogP contribution in [0.25, 0.3) is 0 Å². The number of esters is 1. The normalized spacial score (nSPS) is 22.6. The minimum atomic E-state index is -0.345. The smallest absolute Gasteiger partial charge is 0.338 e. The van der Waals surface area contributed by atoms with Gasteiger partial charge in [-0.3, -0.25) is 0 Å². The summed E-state index contributed by atoms with van der Waals surface area (Å²) in [6.07, 6.45) is 5.25. The summed E-state index contributed by atoms with van der Waals surface area (Å²) in [5, 5.41) is 4.19. The van der Waals surface area contributed by atoms with Crippen molar-refractivity contribution in [3.05, 3.63) is 68.7 Å². The molecule has 1 aliphatic heterocycles. The van der Waals surface area contributed by atoms with E-state index in [0.29, 0.717) is 10.6 Å². The van der Waals surface area contributed by atoms with Crippen molar-refractivity contribution in [2.75, 3.05) is 19.5 Å². The summed E-state index contributed by atoms with van der Waals surface area (Å²) < 4.78 is 11.6. The Hall–Kier alpha value is -1.98. The maximum Gasteiger partial charge on any atom is 0.338 e. The van der Waals surface area contributed by atoms with Crippen LogP contribution in [0.15, 0.2) is 47.0 Å². The predicted molar refractivity (Wildman–Crippen MR) is 110 cm³/mol. The second kappa shape index (κ2) is 7.21. The number of rotatable bonds is 3. The topological polar surface area (TPSA) is 47.6 Å². The standard InChI is InChI=1S/C21H19BrClNO3/c1-26-17-9-6-11(22)10-15(17)19-13-5-3-4-12(13)18-14(21(25)27-2)7-8-16(23)20(18)24-19/h3-4,6-10,12-13,19,24H,5H2,1-2H3/t12-,13+,19-/m1/s1. The number of nitrogens with one attached hydrogen (secondary N) is 1. The highest BCUT2D eigenvalue weighted by molar-refractivity contribution is 9.10. The zero-order valence-corrected chi connectivity index (χ0v) is 17.3. The molecule has 0 saturated heterocycles. The van der Waals surface area contributed by atoms with E-state index in [2.05, 4.69) is 39.5 Å². The molecule has 0 spiro atoms. The first-order valence-electron chi connectivity index (χ1n) is 8.72. The minimum Gasteiger partial charge on any atom is -0.496 e. The van der Waals surface area contributed by atoms with Crippen LogP contribution in [0.4, 0.5) is 5.69 Å². The van der Waals surface area contributed by atoms with Crippen LogP contribution < -0.4 is 10.1 Å². The van der Waals surface area contributed by atoms with Gasteiger partial charge in [0.05, 0.1) is 36.5 Å². The van der Waals surface area contributed by atoms with Crippen LogP contribution in [0.1, 0.15) is 39.9 Å². The van der Waals surface area contributed by atoms with Crippen LogP contribution in [0, 0.1) is 5.92 Å². The van der Waals surface area contributed by atoms with Crippen LogP contribution in [0.2, 0.25) is 5.02 Å². The Balaban J connectivity index is 1.89. The van der Waals surface area contributed by atoms with E-state index in [0.717, 1.165) is 33.5 Å². The predicted octanol–water partition coefficient (Wildman–Crippen LogP) is 5.72. The van der Waals surface area contributed by atoms with Gasteiger partial charge in [0.25, 0.3) is 0 Å². The van der Waals surface area contributed by atoms with Gasteiger partial charge in [-0.2, -0.15) is 0 Å². The molecule has 1 N–H and O–H groups in total. The molecule has 4 rings (SSSR count). The van der Waals surface area contributed by atoms with Gasteiger partial charge in [-0.05, 0) is 48.2 Å². The molecule has 2 aromatic carbocycles. The number of carbonyl (C=O) groups is 1. The van der Waals surface area contributed by atoms with Crippen molar-refractivity contribution in [3.8, 4) is 5.75 Å². The molecule has 6 heteroatoms. The van der Waals surface area contributed by atoms with Gasteiger partial charge in [0.15, 0.2) is 0 Å². The Kier molecular flexibility index (Phi) is 4.91. The summed E-state index contributed by atoms with van der Waals surface area (Å²) in [6.45, 7) is 0. The molecule has 27 heavy (non-hydrogen) atoms. The number of carbonyl (C=O) groups excluding carboxylic acids is 1. The Bertz CT molecular complexity index is 943. The first-order valence-corrected chi connectivity index (χ1v) is 9.89. The molecule has 2 aliphatic rings. The van der Waals surface area contributed by atoms with Gasteiger partial charge >= 0.3 is 5.97 Å². The van der Waals surface area contributed by atoms with Gasteiger partial charge < -0.3 is 14.8 Å². The zero-order valence-electron chi connectivity index (χ0n) is 15.0. The molecule has 0 fully saturated rings. The van der Waals surface area contributed by atoms with Crippen molar-refractivity contribution in [2.45, 2.75) is 18.4 Å². The van der Waals surface area contributed by atoms with Crippen molar-refractivity contribution in [3.63, 3.8) is 0 Å². The van der Waals surface area contributed by atoms with Crippen molar-refractivity contribution < 1.29 is 14.3 Å². The number of ether oxygens (including phenoxy) is 2. The van der Waals surface area contributed by atoms with E-state index in [1.54, 1.807) is 19.2 Å². The number of benzene rings is 2. The van der Waals surface area contributed by atoms with E-state index < -0.39 is 0 Å². The van der Waals surface area contributed by atoms with Crippen molar-refractivity contribution in [1.82, 2.24) is 0 Å². The molecule has 0 aromatic heterocycles. The first-order chi connectivity index (χ1) is 13.0. The summed E-state index contributed by atoms with van der Waals surface area (Å²) in [5.41, 5.74) is 3.33. The molecular weight excluding hydrogens is 430 g/mol. The molecular formula is C21H19BrClNO3. The third-order valence-electron chi connectivity index (χ3n) is 5.40. The number of anilines is 1. The van der Waals surface area contributed by atoms with Crippen molar-refractivity contribution in [1.29, 1.82) is 0 Å². The SMILES string of the molecule is COC(=O)c1ccc(Cl)c2c1[C@@H]1C=CC[C@@H]1[C@H](c1cc(Br)ccc1OC)N2. The second-order valence-electron chi connectivity index (χ2n) is 6.74. The Morgan fingerprint density at radius 1 is 1.26 bits per heavy atom. The molecule has 0 unspecified atom stereocenters. The monoisotopic (exact) mass is 447 g/mol. The van der Waals surface area contributed by atoms with E-state index in [1.165, 1.54) is 7.11 Å². The maximum atomic E-state index is 12.3. The fourth-order valence-corrected chi connectivity index (χ4v) is 4.82. The van der Waals surface area contributed by atoms with Gasteiger partial charge in [-0.1, -0.05) is 39.7 Å². The van der Waals surface area contributed by atoms with Crippen LogP contribution in [-0.4, -0.2) is 20.2 Å². The molecule has 4 nitrogen and oxygen atoms in total. The minimum absolute atomic E-state index is 0.00958. The summed E-state index contributed by atoms with van der Waals surface area (Å²) in [7, 11) is 3.08. The lowest BCUT2D eigenvalue weighted by atomic mass is 9.75. The highest BCUT2D eigenvalue weighted by atomic mass is 79.9. The molecule has 2 aromatic rings. The van der Waals surface area contributed by atoms with Gasteiger partial charge in [0, 0.05) is 16.0 Å². The largest absolute Gasteiger partial charge is 0.496 e. The molecule has 1 aliphatic carbocycles. The summed E-state index contributed by atoms with van der Waals surface area (Å²) in [5.74, 6) is 0.817. The lowest BCUT2D eigenvalue weighted by Gasteiger charge is -2.39. The quantitative estimate of drug-likeness (QED) is 0.481. The Morgan fingerprint density at radius 3 is 2.81 bits per heavy atom. The zero-order chi connectivity index (χ0) is 19.1. The van der Waals surface area contributed by atoms with Crippen LogP contribution >= 0.6 is 27.5 Å². The summed E-state index contributed by atoms with van der Waals surface area (Å²) in [6, 6.07) is 9.50. The van der Waals surface area contributed by atoms with Crippen LogP contribution in [-0.2, 0) is 4.74 Å². The average molecular weight is 449 g/mol. The lowest BCUT2D eigenvalue weighted by Crippen LogP contribution is -2.31. The Morgan fingerprint density at radius 2 is 2.07 bits per heavy atom. The molecule has 0 bridgehead atoms. The van der Waals surface area contributed by atoms with Crippen LogP contribution in [0.3, 0.4) is 0 Å². The Labute approximate surface area is 171 Å². The third kappa shape index (κ3) is 3.03. The van der Waals surface area contributed by atoms with Crippen LogP contribution in [0.5, 0.6) is 5.75 Å². The molecule has 3 atom stereocenters. The van der Waals surface area contributed by atoms with Gasteiger partial charge in [-0.25, -0.2) is 4.79 Å². The highest BCUT2D eigenvalue weighted by Gasteiger charge is 2.41.